The number of carbonyl (C=O) groups is 1. The molecule has 1 atom stereocenters. The molecule has 0 bridgehead atoms. The highest BCUT2D eigenvalue weighted by molar-refractivity contribution is 6.09. The van der Waals surface area contributed by atoms with Crippen molar-refractivity contribution in [2.75, 3.05) is 0 Å². The molecule has 0 heterocycles. The van der Waals surface area contributed by atoms with Crippen LogP contribution in [0.5, 0.6) is 0 Å². The van der Waals surface area contributed by atoms with Crippen molar-refractivity contribution >= 4 is 5.78 Å². The molecule has 0 N–H and O–H groups in total. The van der Waals surface area contributed by atoms with Gasteiger partial charge >= 0.3 is 0 Å². The number of halogens is 2. The van der Waals surface area contributed by atoms with Crippen molar-refractivity contribution in [2.24, 2.45) is 0 Å². The number of allylic oxidation sites excluding steroid dienone is 4. The van der Waals surface area contributed by atoms with Gasteiger partial charge in [0, 0.05) is 17.6 Å². The van der Waals surface area contributed by atoms with Crippen LogP contribution in [0.3, 0.4) is 0 Å². The highest BCUT2D eigenvalue weighted by Crippen LogP contribution is 2.31. The third-order valence-electron chi connectivity index (χ3n) is 2.61. The van der Waals surface area contributed by atoms with E-state index in [2.05, 4.69) is 0 Å². The Balaban J connectivity index is 2.31. The Kier molecular flexibility index (Phi) is 2.92. The molecule has 0 saturated heterocycles. The zero-order chi connectivity index (χ0) is 12.5. The molecular weight excluding hydrogens is 222 g/mol. The second-order valence-corrected chi connectivity index (χ2v) is 4.35. The van der Waals surface area contributed by atoms with Crippen LogP contribution in [0.4, 0.5) is 8.78 Å². The van der Waals surface area contributed by atoms with Gasteiger partial charge in [0.1, 0.15) is 11.5 Å². The van der Waals surface area contributed by atoms with Crippen LogP contribution in [0.2, 0.25) is 0 Å². The summed E-state index contributed by atoms with van der Waals surface area (Å²) in [6, 6.07) is 8.49. The first-order chi connectivity index (χ1) is 7.98. The Labute approximate surface area is 98.5 Å². The summed E-state index contributed by atoms with van der Waals surface area (Å²) in [6.45, 7) is 1.26. The summed E-state index contributed by atoms with van der Waals surface area (Å²) in [5, 5.41) is 0. The third kappa shape index (κ3) is 2.67. The van der Waals surface area contributed by atoms with Crippen molar-refractivity contribution in [3.8, 4) is 0 Å². The molecule has 88 valence electrons. The standard InChI is InChI=1S/C14H12F2O/c1-14(16)8-11(7-12(15)9-14)13(17)10-5-3-2-4-6-10/h2-7,9H,8H2,1H3. The summed E-state index contributed by atoms with van der Waals surface area (Å²) in [5.74, 6) is -1.02. The van der Waals surface area contributed by atoms with Crippen LogP contribution in [-0.2, 0) is 0 Å². The van der Waals surface area contributed by atoms with Crippen LogP contribution in [-0.4, -0.2) is 11.5 Å². The van der Waals surface area contributed by atoms with Crippen molar-refractivity contribution in [3.63, 3.8) is 0 Å². The molecule has 17 heavy (non-hydrogen) atoms. The van der Waals surface area contributed by atoms with Gasteiger partial charge in [-0.1, -0.05) is 30.3 Å². The Hall–Kier alpha value is -1.77. The number of hydrogen-bond donors (Lipinski definition) is 0. The van der Waals surface area contributed by atoms with E-state index in [0.29, 0.717) is 5.56 Å². The maximum atomic E-state index is 13.7. The van der Waals surface area contributed by atoms with Crippen molar-refractivity contribution in [1.29, 1.82) is 0 Å². The van der Waals surface area contributed by atoms with Crippen molar-refractivity contribution < 1.29 is 13.6 Å². The number of benzene rings is 1. The lowest BCUT2D eigenvalue weighted by atomic mass is 9.88. The molecule has 0 spiro atoms. The predicted molar refractivity (Wildman–Crippen MR) is 62.2 cm³/mol. The molecule has 0 aromatic heterocycles. The van der Waals surface area contributed by atoms with E-state index in [1.165, 1.54) is 6.92 Å². The van der Waals surface area contributed by atoms with Crippen LogP contribution in [0.25, 0.3) is 0 Å². The minimum Gasteiger partial charge on any atom is -0.289 e. The van der Waals surface area contributed by atoms with Gasteiger partial charge in [-0.2, -0.15) is 0 Å². The van der Waals surface area contributed by atoms with E-state index in [1.54, 1.807) is 30.3 Å². The molecule has 1 aliphatic carbocycles. The van der Waals surface area contributed by atoms with E-state index in [9.17, 15) is 13.6 Å². The minimum atomic E-state index is -1.79. The fourth-order valence-corrected chi connectivity index (χ4v) is 1.89. The second kappa shape index (κ2) is 4.24. The van der Waals surface area contributed by atoms with E-state index in [4.69, 9.17) is 0 Å². The number of hydrogen-bond acceptors (Lipinski definition) is 1. The summed E-state index contributed by atoms with van der Waals surface area (Å²) in [6.07, 6.45) is 1.92. The lowest BCUT2D eigenvalue weighted by molar-refractivity contribution is 0.101. The number of carbonyl (C=O) groups excluding carboxylic acids is 1. The van der Waals surface area contributed by atoms with E-state index >= 15 is 0 Å². The zero-order valence-electron chi connectivity index (χ0n) is 9.41. The Morgan fingerprint density at radius 2 is 1.94 bits per heavy atom. The second-order valence-electron chi connectivity index (χ2n) is 4.35. The molecule has 3 heteroatoms. The van der Waals surface area contributed by atoms with Crippen molar-refractivity contribution in [3.05, 3.63) is 59.4 Å². The maximum absolute atomic E-state index is 13.7. The SMILES string of the molecule is CC1(F)C=C(F)C=C(C(=O)c2ccccc2)C1. The van der Waals surface area contributed by atoms with Gasteiger partial charge in [-0.3, -0.25) is 4.79 Å². The van der Waals surface area contributed by atoms with Crippen LogP contribution in [0, 0.1) is 0 Å². The lowest BCUT2D eigenvalue weighted by Crippen LogP contribution is -2.22. The van der Waals surface area contributed by atoms with Gasteiger partial charge in [-0.15, -0.1) is 0 Å². The summed E-state index contributed by atoms with van der Waals surface area (Å²) in [7, 11) is 0. The van der Waals surface area contributed by atoms with Gasteiger partial charge < -0.3 is 0 Å². The van der Waals surface area contributed by atoms with Gasteiger partial charge in [-0.05, 0) is 19.1 Å². The van der Waals surface area contributed by atoms with Gasteiger partial charge in [0.15, 0.2) is 5.78 Å². The van der Waals surface area contributed by atoms with Gasteiger partial charge in [0.05, 0.1) is 0 Å². The number of ketones is 1. The highest BCUT2D eigenvalue weighted by atomic mass is 19.1. The largest absolute Gasteiger partial charge is 0.289 e. The predicted octanol–water partition coefficient (Wildman–Crippen LogP) is 3.78. The zero-order valence-corrected chi connectivity index (χ0v) is 9.41. The molecule has 1 nitrogen and oxygen atoms in total. The van der Waals surface area contributed by atoms with E-state index in [1.807, 2.05) is 0 Å². The Morgan fingerprint density at radius 3 is 2.53 bits per heavy atom. The van der Waals surface area contributed by atoms with Gasteiger partial charge in [-0.25, -0.2) is 8.78 Å². The van der Waals surface area contributed by atoms with Gasteiger partial charge in [0.2, 0.25) is 0 Å². The molecule has 1 aromatic carbocycles. The quantitative estimate of drug-likeness (QED) is 0.712. The van der Waals surface area contributed by atoms with E-state index < -0.39 is 11.5 Å². The molecular formula is C14H12F2O. The summed E-state index contributed by atoms with van der Waals surface area (Å²) in [5.41, 5.74) is -1.18. The number of Topliss-reactive ketones (excluding diaryl/α,β-unsaturated/α-hetero) is 1. The third-order valence-corrected chi connectivity index (χ3v) is 2.61. The number of alkyl halides is 1. The first-order valence-electron chi connectivity index (χ1n) is 5.35. The lowest BCUT2D eigenvalue weighted by Gasteiger charge is -2.21. The van der Waals surface area contributed by atoms with Crippen LogP contribution in [0.1, 0.15) is 23.7 Å². The average molecular weight is 234 g/mol. The topological polar surface area (TPSA) is 17.1 Å². The van der Waals surface area contributed by atoms with Crippen molar-refractivity contribution in [1.82, 2.24) is 0 Å². The Morgan fingerprint density at radius 1 is 1.29 bits per heavy atom. The van der Waals surface area contributed by atoms with Crippen LogP contribution >= 0.6 is 0 Å². The van der Waals surface area contributed by atoms with Crippen LogP contribution < -0.4 is 0 Å². The fraction of sp³-hybridized carbons (Fsp3) is 0.214. The first kappa shape index (κ1) is 11.7. The maximum Gasteiger partial charge on any atom is 0.189 e. The normalized spacial score (nSPS) is 23.9. The molecule has 0 aliphatic heterocycles. The summed E-state index contributed by atoms with van der Waals surface area (Å²) in [4.78, 5) is 12.0. The molecule has 2 rings (SSSR count). The fourth-order valence-electron chi connectivity index (χ4n) is 1.89. The molecule has 1 aliphatic rings. The molecule has 0 saturated carbocycles. The highest BCUT2D eigenvalue weighted by Gasteiger charge is 2.29. The van der Waals surface area contributed by atoms with Crippen molar-refractivity contribution in [2.45, 2.75) is 19.0 Å². The molecule has 0 radical (unpaired) electrons. The van der Waals surface area contributed by atoms with E-state index in [-0.39, 0.29) is 17.8 Å². The number of rotatable bonds is 2. The summed E-state index contributed by atoms with van der Waals surface area (Å²) >= 11 is 0. The minimum absolute atomic E-state index is 0.0891. The smallest absolute Gasteiger partial charge is 0.189 e. The molecule has 1 unspecified atom stereocenters. The average Bonchev–Trinajstić information content (AvgIpc) is 2.26. The van der Waals surface area contributed by atoms with Crippen LogP contribution in [0.15, 0.2) is 53.9 Å². The Bertz CT molecular complexity index is 498. The molecule has 0 amide bonds. The van der Waals surface area contributed by atoms with E-state index in [0.717, 1.165) is 12.2 Å². The molecule has 1 aromatic rings. The summed E-state index contributed by atoms with van der Waals surface area (Å²) < 4.78 is 26.9. The first-order valence-corrected chi connectivity index (χ1v) is 5.35. The monoisotopic (exact) mass is 234 g/mol. The van der Waals surface area contributed by atoms with Gasteiger partial charge in [0.25, 0.3) is 0 Å². The molecule has 0 fully saturated rings.